The van der Waals surface area contributed by atoms with Crippen molar-refractivity contribution in [3.63, 3.8) is 0 Å². The molecule has 0 aromatic heterocycles. The zero-order valence-corrected chi connectivity index (χ0v) is 7.23. The minimum absolute atomic E-state index is 0.0729. The van der Waals surface area contributed by atoms with E-state index in [-0.39, 0.29) is 5.37 Å². The van der Waals surface area contributed by atoms with Gasteiger partial charge in [0.1, 0.15) is 6.21 Å². The van der Waals surface area contributed by atoms with Gasteiger partial charge in [0.2, 0.25) is 5.78 Å². The molecule has 0 bridgehead atoms. The molecule has 1 unspecified atom stereocenters. The highest BCUT2D eigenvalue weighted by atomic mass is 32.2. The van der Waals surface area contributed by atoms with Gasteiger partial charge in [-0.3, -0.25) is 4.79 Å². The smallest absolute Gasteiger partial charge is 0.266 e. The molecule has 0 saturated carbocycles. The fourth-order valence-corrected chi connectivity index (χ4v) is 2.46. The first-order valence-electron chi connectivity index (χ1n) is 3.76. The van der Waals surface area contributed by atoms with Crippen LogP contribution in [0.25, 0.3) is 0 Å². The molecule has 0 amide bonds. The Morgan fingerprint density at radius 3 is 3.27 bits per heavy atom. The van der Waals surface area contributed by atoms with E-state index in [1.54, 1.807) is 11.8 Å². The van der Waals surface area contributed by atoms with Crippen molar-refractivity contribution in [3.8, 4) is 0 Å². The third kappa shape index (κ3) is 1.13. The molecule has 0 spiro atoms. The normalized spacial score (nSPS) is 29.5. The Morgan fingerprint density at radius 1 is 1.73 bits per heavy atom. The van der Waals surface area contributed by atoms with E-state index >= 15 is 0 Å². The molecule has 0 fully saturated rings. The summed E-state index contributed by atoms with van der Waals surface area (Å²) in [5.74, 6) is 0.366. The van der Waals surface area contributed by atoms with Gasteiger partial charge in [-0.05, 0) is 18.7 Å². The van der Waals surface area contributed by atoms with E-state index in [0.717, 1.165) is 12.8 Å². The van der Waals surface area contributed by atoms with E-state index in [1.165, 1.54) is 4.91 Å². The van der Waals surface area contributed by atoms with Crippen LogP contribution in [0.1, 0.15) is 19.8 Å². The highest BCUT2D eigenvalue weighted by Gasteiger charge is 2.36. The molecule has 1 atom stereocenters. The number of nitrogens with zero attached hydrogens (tertiary/aromatic N) is 1. The topological polar surface area (TPSA) is 20.1 Å². The van der Waals surface area contributed by atoms with Gasteiger partial charge in [-0.15, -0.1) is 0 Å². The van der Waals surface area contributed by atoms with Crippen molar-refractivity contribution < 1.29 is 9.37 Å². The Labute approximate surface area is 70.0 Å². The van der Waals surface area contributed by atoms with Crippen LogP contribution in [0, 0.1) is 0 Å². The van der Waals surface area contributed by atoms with Crippen LogP contribution in [0.15, 0.2) is 11.1 Å². The van der Waals surface area contributed by atoms with Gasteiger partial charge in [0.15, 0.2) is 6.20 Å². The molecule has 0 aliphatic carbocycles. The molecule has 2 nitrogen and oxygen atoms in total. The average Bonchev–Trinajstić information content (AvgIpc) is 2.31. The number of fused-ring (bicyclic) bond motifs is 1. The maximum Gasteiger partial charge on any atom is 0.266 e. The number of carbonyl (C=O) groups excluding carboxylic acids is 1. The van der Waals surface area contributed by atoms with Crippen molar-refractivity contribution in [2.45, 2.75) is 25.1 Å². The quantitative estimate of drug-likeness (QED) is 0.509. The molecule has 2 rings (SSSR count). The fourth-order valence-electron chi connectivity index (χ4n) is 1.40. The third-order valence-corrected chi connectivity index (χ3v) is 3.11. The number of allylic oxidation sites excluding steroid dienone is 1. The maximum absolute atomic E-state index is 11.3. The molecule has 0 radical (unpaired) electrons. The summed E-state index contributed by atoms with van der Waals surface area (Å²) in [6.45, 7) is 2.05. The highest BCUT2D eigenvalue weighted by Crippen LogP contribution is 2.31. The van der Waals surface area contributed by atoms with Crippen LogP contribution in [-0.4, -0.2) is 21.9 Å². The molecular weight excluding hydrogens is 158 g/mol. The van der Waals surface area contributed by atoms with E-state index in [2.05, 4.69) is 6.21 Å². The van der Waals surface area contributed by atoms with Crippen molar-refractivity contribution >= 4 is 23.8 Å². The molecule has 58 valence electrons. The van der Waals surface area contributed by atoms with Crippen molar-refractivity contribution in [1.82, 2.24) is 0 Å². The Hall–Kier alpha value is -0.570. The lowest BCUT2D eigenvalue weighted by Crippen LogP contribution is -2.29. The Morgan fingerprint density at radius 2 is 2.55 bits per heavy atom. The van der Waals surface area contributed by atoms with Crippen LogP contribution in [-0.2, 0) is 4.79 Å². The second-order valence-electron chi connectivity index (χ2n) is 2.84. The predicted octanol–water partition coefficient (Wildman–Crippen LogP) is 1.37. The zero-order valence-electron chi connectivity index (χ0n) is 6.41. The van der Waals surface area contributed by atoms with Crippen LogP contribution in [0.3, 0.4) is 0 Å². The molecule has 2 heterocycles. The highest BCUT2D eigenvalue weighted by molar-refractivity contribution is 8.04. The Balaban J connectivity index is 2.31. The van der Waals surface area contributed by atoms with Gasteiger partial charge in [-0.2, -0.15) is 4.58 Å². The molecule has 0 N–H and O–H groups in total. The summed E-state index contributed by atoms with van der Waals surface area (Å²) in [6, 6.07) is 0. The zero-order chi connectivity index (χ0) is 7.84. The maximum atomic E-state index is 11.3. The number of thioether (sulfide) groups is 1. The Bertz CT molecular complexity index is 267. The largest absolute Gasteiger partial charge is 0.291 e. The number of hydrogen-bond acceptors (Lipinski definition) is 2. The Kier molecular flexibility index (Phi) is 1.60. The number of hydrogen-bond donors (Lipinski definition) is 0. The van der Waals surface area contributed by atoms with Crippen LogP contribution in [0.4, 0.5) is 0 Å². The van der Waals surface area contributed by atoms with Crippen LogP contribution in [0.2, 0.25) is 0 Å². The molecule has 3 heteroatoms. The molecule has 0 saturated heterocycles. The first kappa shape index (κ1) is 7.10. The van der Waals surface area contributed by atoms with Gasteiger partial charge in [0.05, 0.1) is 4.91 Å². The molecule has 2 aliphatic heterocycles. The number of carbonyl (C=O) groups is 1. The molecule has 11 heavy (non-hydrogen) atoms. The standard InChI is InChI=1S/C8H10NOS/c1-6-5-9-4-2-3-7(10)8(9)11-6/h4-5,8H,2-3H2,1H3/q+1. The van der Waals surface area contributed by atoms with Gasteiger partial charge in [0.25, 0.3) is 5.37 Å². The van der Waals surface area contributed by atoms with Gasteiger partial charge in [-0.25, -0.2) is 0 Å². The van der Waals surface area contributed by atoms with Crippen LogP contribution in [0.5, 0.6) is 0 Å². The van der Waals surface area contributed by atoms with E-state index in [4.69, 9.17) is 0 Å². The fraction of sp³-hybridized carbons (Fsp3) is 0.500. The number of Topliss-reactive ketones (excluding diaryl/α,β-unsaturated/α-hetero) is 1. The number of rotatable bonds is 0. The first-order chi connectivity index (χ1) is 5.27. The summed E-state index contributed by atoms with van der Waals surface area (Å²) < 4.78 is 2.03. The van der Waals surface area contributed by atoms with Crippen molar-refractivity contribution in [2.24, 2.45) is 0 Å². The summed E-state index contributed by atoms with van der Waals surface area (Å²) in [7, 11) is 0. The van der Waals surface area contributed by atoms with Crippen molar-refractivity contribution in [3.05, 3.63) is 11.1 Å². The van der Waals surface area contributed by atoms with Crippen molar-refractivity contribution in [2.75, 3.05) is 0 Å². The monoisotopic (exact) mass is 168 g/mol. The SMILES string of the molecule is CC1=C[N+]2=CCCC(=O)C2S1. The third-order valence-electron chi connectivity index (χ3n) is 1.91. The van der Waals surface area contributed by atoms with E-state index in [0.29, 0.717) is 5.78 Å². The number of ketones is 1. The molecule has 0 aromatic rings. The summed E-state index contributed by atoms with van der Waals surface area (Å²) in [6.07, 6.45) is 5.77. The van der Waals surface area contributed by atoms with E-state index in [9.17, 15) is 4.79 Å². The molecule has 0 aromatic carbocycles. The van der Waals surface area contributed by atoms with Crippen LogP contribution < -0.4 is 0 Å². The lowest BCUT2D eigenvalue weighted by molar-refractivity contribution is -0.454. The minimum Gasteiger partial charge on any atom is -0.291 e. The molecule has 2 aliphatic rings. The van der Waals surface area contributed by atoms with E-state index < -0.39 is 0 Å². The van der Waals surface area contributed by atoms with Gasteiger partial charge < -0.3 is 0 Å². The predicted molar refractivity (Wildman–Crippen MR) is 45.7 cm³/mol. The summed E-state index contributed by atoms with van der Waals surface area (Å²) in [4.78, 5) is 12.5. The van der Waals surface area contributed by atoms with Gasteiger partial charge in [-0.1, -0.05) is 0 Å². The summed E-state index contributed by atoms with van der Waals surface area (Å²) >= 11 is 1.66. The van der Waals surface area contributed by atoms with Gasteiger partial charge >= 0.3 is 0 Å². The van der Waals surface area contributed by atoms with Crippen molar-refractivity contribution in [1.29, 1.82) is 0 Å². The average molecular weight is 168 g/mol. The first-order valence-corrected chi connectivity index (χ1v) is 4.64. The second kappa shape index (κ2) is 2.48. The molecular formula is C8H10NOS+. The van der Waals surface area contributed by atoms with E-state index in [1.807, 2.05) is 17.7 Å². The summed E-state index contributed by atoms with van der Waals surface area (Å²) in [5.41, 5.74) is 0. The minimum atomic E-state index is 0.0729. The lowest BCUT2D eigenvalue weighted by atomic mass is 10.2. The summed E-state index contributed by atoms with van der Waals surface area (Å²) in [5, 5.41) is 0.0729. The lowest BCUT2D eigenvalue weighted by Gasteiger charge is -2.08. The van der Waals surface area contributed by atoms with Gasteiger partial charge in [0, 0.05) is 12.8 Å². The van der Waals surface area contributed by atoms with Crippen LogP contribution >= 0.6 is 11.8 Å². The second-order valence-corrected chi connectivity index (χ2v) is 4.17.